The third-order valence-corrected chi connectivity index (χ3v) is 5.01. The van der Waals surface area contributed by atoms with E-state index >= 15 is 0 Å². The fraction of sp³-hybridized carbons (Fsp3) is 0.115. The largest absolute Gasteiger partial charge is 0.493 e. The second-order valence-electron chi connectivity index (χ2n) is 6.90. The minimum absolute atomic E-state index is 0.407. The van der Waals surface area contributed by atoms with Crippen molar-refractivity contribution in [2.75, 3.05) is 21.3 Å². The summed E-state index contributed by atoms with van der Waals surface area (Å²) in [6.45, 7) is 0. The highest BCUT2D eigenvalue weighted by Gasteiger charge is 2.22. The van der Waals surface area contributed by atoms with Crippen LogP contribution in [0.25, 0.3) is 23.0 Å². The smallest absolute Gasteiger partial charge is 0.343 e. The Morgan fingerprint density at radius 1 is 0.742 bits per heavy atom. The van der Waals surface area contributed by atoms with Crippen LogP contribution in [-0.2, 0) is 9.53 Å². The minimum Gasteiger partial charge on any atom is -0.493 e. The maximum atomic E-state index is 12.5. The van der Waals surface area contributed by atoms with E-state index in [1.165, 1.54) is 0 Å². The van der Waals surface area contributed by atoms with Gasteiger partial charge in [0.05, 0.1) is 26.9 Å². The van der Waals surface area contributed by atoms with Gasteiger partial charge in [0.15, 0.2) is 11.5 Å². The number of cyclic esters (lactones) is 1. The van der Waals surface area contributed by atoms with E-state index in [9.17, 15) is 4.79 Å². The molecule has 0 aromatic heterocycles. The summed E-state index contributed by atoms with van der Waals surface area (Å²) in [7, 11) is 4.65. The quantitative estimate of drug-likeness (QED) is 0.401. The van der Waals surface area contributed by atoms with Crippen LogP contribution in [0.1, 0.15) is 11.1 Å². The minimum atomic E-state index is -0.407. The van der Waals surface area contributed by atoms with Gasteiger partial charge in [-0.05, 0) is 41.0 Å². The predicted molar refractivity (Wildman–Crippen MR) is 120 cm³/mol. The highest BCUT2D eigenvalue weighted by molar-refractivity contribution is 6.05. The molecule has 4 rings (SSSR count). The molecular weight excluding hydrogens is 392 g/mol. The van der Waals surface area contributed by atoms with Crippen LogP contribution < -0.4 is 14.2 Å². The first kappa shape index (κ1) is 20.3. The topological polar surface area (TPSA) is 54.0 Å². The molecule has 1 heterocycles. The predicted octanol–water partition coefficient (Wildman–Crippen LogP) is 5.36. The van der Waals surface area contributed by atoms with Gasteiger partial charge in [0, 0.05) is 5.56 Å². The zero-order valence-electron chi connectivity index (χ0n) is 17.5. The monoisotopic (exact) mass is 414 g/mol. The number of hydrogen-bond donors (Lipinski definition) is 0. The molecule has 0 saturated heterocycles. The Labute approximate surface area is 181 Å². The van der Waals surface area contributed by atoms with Crippen LogP contribution in [0.5, 0.6) is 17.2 Å². The number of carbonyl (C=O) groups is 1. The van der Waals surface area contributed by atoms with E-state index in [1.807, 2.05) is 42.5 Å². The summed E-state index contributed by atoms with van der Waals surface area (Å²) >= 11 is 0. The van der Waals surface area contributed by atoms with Gasteiger partial charge in [0.25, 0.3) is 0 Å². The molecule has 0 radical (unpaired) electrons. The molecule has 0 unspecified atom stereocenters. The summed E-state index contributed by atoms with van der Waals surface area (Å²) in [6, 6.07) is 21.6. The van der Waals surface area contributed by atoms with E-state index in [0.717, 1.165) is 22.3 Å². The molecule has 31 heavy (non-hydrogen) atoms. The summed E-state index contributed by atoms with van der Waals surface area (Å²) in [5.74, 6) is 1.64. The van der Waals surface area contributed by atoms with Crippen LogP contribution in [0.2, 0.25) is 0 Å². The van der Waals surface area contributed by atoms with Gasteiger partial charge < -0.3 is 18.9 Å². The van der Waals surface area contributed by atoms with Crippen LogP contribution >= 0.6 is 0 Å². The van der Waals surface area contributed by atoms with Crippen molar-refractivity contribution in [1.29, 1.82) is 0 Å². The summed E-state index contributed by atoms with van der Waals surface area (Å²) in [5.41, 5.74) is 4.24. The van der Waals surface area contributed by atoms with Gasteiger partial charge in [0.1, 0.15) is 5.76 Å². The summed E-state index contributed by atoms with van der Waals surface area (Å²) in [4.78, 5) is 12.5. The number of ether oxygens (including phenoxy) is 4. The second-order valence-corrected chi connectivity index (χ2v) is 6.90. The first-order valence-electron chi connectivity index (χ1n) is 9.74. The molecule has 1 aliphatic rings. The van der Waals surface area contributed by atoms with Crippen molar-refractivity contribution < 1.29 is 23.7 Å². The van der Waals surface area contributed by atoms with Gasteiger partial charge >= 0.3 is 5.97 Å². The van der Waals surface area contributed by atoms with Crippen molar-refractivity contribution in [3.05, 3.63) is 89.5 Å². The zero-order valence-corrected chi connectivity index (χ0v) is 17.5. The molecule has 5 nitrogen and oxygen atoms in total. The van der Waals surface area contributed by atoms with Crippen molar-refractivity contribution >= 4 is 17.8 Å². The maximum Gasteiger partial charge on any atom is 0.343 e. The average Bonchev–Trinajstić information content (AvgIpc) is 3.19. The Morgan fingerprint density at radius 3 is 1.90 bits per heavy atom. The summed E-state index contributed by atoms with van der Waals surface area (Å²) in [5, 5.41) is 0. The van der Waals surface area contributed by atoms with Gasteiger partial charge in [-0.3, -0.25) is 0 Å². The average molecular weight is 414 g/mol. The van der Waals surface area contributed by atoms with Crippen LogP contribution in [0, 0.1) is 0 Å². The normalized spacial score (nSPS) is 14.2. The van der Waals surface area contributed by atoms with Crippen LogP contribution in [-0.4, -0.2) is 27.3 Å². The molecule has 5 heteroatoms. The Hall–Kier alpha value is -3.99. The molecule has 156 valence electrons. The molecule has 0 spiro atoms. The summed E-state index contributed by atoms with van der Waals surface area (Å²) < 4.78 is 21.6. The number of rotatable bonds is 6. The lowest BCUT2D eigenvalue weighted by molar-refractivity contribution is -0.130. The van der Waals surface area contributed by atoms with Crippen molar-refractivity contribution in [3.8, 4) is 28.4 Å². The maximum absolute atomic E-state index is 12.5. The van der Waals surface area contributed by atoms with Gasteiger partial charge in [-0.2, -0.15) is 0 Å². The molecule has 3 aromatic carbocycles. The number of benzene rings is 3. The molecule has 0 aliphatic carbocycles. The van der Waals surface area contributed by atoms with Gasteiger partial charge in [-0.25, -0.2) is 4.79 Å². The van der Waals surface area contributed by atoms with Crippen LogP contribution in [0.15, 0.2) is 78.4 Å². The lowest BCUT2D eigenvalue weighted by atomic mass is 10.0. The zero-order chi connectivity index (χ0) is 21.8. The van der Waals surface area contributed by atoms with Gasteiger partial charge in [-0.15, -0.1) is 0 Å². The number of hydrogen-bond acceptors (Lipinski definition) is 5. The molecular formula is C26H22O5. The third-order valence-electron chi connectivity index (χ3n) is 5.01. The first-order valence-corrected chi connectivity index (χ1v) is 9.74. The first-order chi connectivity index (χ1) is 15.1. The molecule has 0 amide bonds. The third kappa shape index (κ3) is 4.16. The lowest BCUT2D eigenvalue weighted by Crippen LogP contribution is -1.98. The molecule has 0 bridgehead atoms. The number of carbonyl (C=O) groups excluding carboxylic acids is 1. The number of esters is 1. The van der Waals surface area contributed by atoms with Gasteiger partial charge in [0.2, 0.25) is 5.75 Å². The Morgan fingerprint density at radius 2 is 1.32 bits per heavy atom. The Balaban J connectivity index is 1.64. The molecule has 0 atom stereocenters. The second kappa shape index (κ2) is 8.79. The van der Waals surface area contributed by atoms with Crippen molar-refractivity contribution in [2.45, 2.75) is 0 Å². The van der Waals surface area contributed by atoms with Crippen molar-refractivity contribution in [1.82, 2.24) is 0 Å². The molecule has 1 aliphatic heterocycles. The highest BCUT2D eigenvalue weighted by atomic mass is 16.5. The van der Waals surface area contributed by atoms with Crippen LogP contribution in [0.3, 0.4) is 0 Å². The molecule has 0 N–H and O–H groups in total. The fourth-order valence-electron chi connectivity index (χ4n) is 3.45. The SMILES string of the molecule is COc1cc(/C=C2\C=C(c3ccc(-c4ccccc4)cc3)OC2=O)cc(OC)c1OC. The van der Waals surface area contributed by atoms with E-state index < -0.39 is 5.97 Å². The van der Waals surface area contributed by atoms with E-state index in [4.69, 9.17) is 18.9 Å². The highest BCUT2D eigenvalue weighted by Crippen LogP contribution is 2.39. The molecule has 0 fully saturated rings. The summed E-state index contributed by atoms with van der Waals surface area (Å²) in [6.07, 6.45) is 3.47. The fourth-order valence-corrected chi connectivity index (χ4v) is 3.45. The molecule has 3 aromatic rings. The van der Waals surface area contributed by atoms with Crippen molar-refractivity contribution in [2.24, 2.45) is 0 Å². The Kier molecular flexibility index (Phi) is 5.76. The molecule has 0 saturated carbocycles. The van der Waals surface area contributed by atoms with E-state index in [0.29, 0.717) is 28.6 Å². The van der Waals surface area contributed by atoms with Crippen molar-refractivity contribution in [3.63, 3.8) is 0 Å². The van der Waals surface area contributed by atoms with E-state index in [-0.39, 0.29) is 0 Å². The van der Waals surface area contributed by atoms with Gasteiger partial charge in [-0.1, -0.05) is 54.6 Å². The standard InChI is InChI=1S/C26H22O5/c1-28-23-14-17(15-24(29-2)25(23)30-3)13-21-16-22(31-26(21)27)20-11-9-19(10-12-20)18-7-5-4-6-8-18/h4-16H,1-3H3/b21-13+. The van der Waals surface area contributed by atoms with Crippen LogP contribution in [0.4, 0.5) is 0 Å². The van der Waals surface area contributed by atoms with E-state index in [1.54, 1.807) is 45.6 Å². The number of methoxy groups -OCH3 is 3. The van der Waals surface area contributed by atoms with E-state index in [2.05, 4.69) is 12.1 Å². The lowest BCUT2D eigenvalue weighted by Gasteiger charge is -2.12. The Bertz CT molecular complexity index is 1130.